The number of piperidine rings is 1. The van der Waals surface area contributed by atoms with Crippen LogP contribution in [0.3, 0.4) is 0 Å². The molecule has 10 nitrogen and oxygen atoms in total. The number of likely N-dealkylation sites (tertiary alicyclic amines) is 1. The van der Waals surface area contributed by atoms with Crippen molar-refractivity contribution in [1.82, 2.24) is 34.5 Å². The third kappa shape index (κ3) is 3.96. The molecule has 2 saturated heterocycles. The van der Waals surface area contributed by atoms with Gasteiger partial charge in [0, 0.05) is 24.8 Å². The summed E-state index contributed by atoms with van der Waals surface area (Å²) >= 11 is 0. The number of hydrogen-bond acceptors (Lipinski definition) is 8. The largest absolute Gasteiger partial charge is 0.479 e. The molecule has 2 fully saturated rings. The first-order valence-corrected chi connectivity index (χ1v) is 11.7. The Morgan fingerprint density at radius 1 is 1.26 bits per heavy atom. The summed E-state index contributed by atoms with van der Waals surface area (Å²) in [5, 5.41) is 15.9. The quantitative estimate of drug-likeness (QED) is 0.427. The molecule has 1 aromatic carbocycles. The summed E-state index contributed by atoms with van der Waals surface area (Å²) in [6.45, 7) is 2.15. The fraction of sp³-hybridized carbons (Fsp3) is 0.478. The summed E-state index contributed by atoms with van der Waals surface area (Å²) in [7, 11) is 1.55. The number of halogens is 2. The van der Waals surface area contributed by atoms with Crippen molar-refractivity contribution in [2.24, 2.45) is 0 Å². The zero-order valence-electron chi connectivity index (χ0n) is 19.3. The Morgan fingerprint density at radius 3 is 2.89 bits per heavy atom. The number of rotatable bonds is 7. The van der Waals surface area contributed by atoms with Gasteiger partial charge in [-0.15, -0.1) is 10.2 Å². The first kappa shape index (κ1) is 22.1. The SMILES string of the molecule is COc1nc(N[C@H]2CCN(C3COC3)C[C@H]2F)nn2ccc(-c3ccc4nnn(CCF)c4c3)c12. The highest BCUT2D eigenvalue weighted by Gasteiger charge is 2.35. The predicted molar refractivity (Wildman–Crippen MR) is 125 cm³/mol. The van der Waals surface area contributed by atoms with Gasteiger partial charge in [-0.05, 0) is 30.2 Å². The Balaban J connectivity index is 1.28. The molecule has 3 aromatic heterocycles. The molecular formula is C23H26F2N8O2. The van der Waals surface area contributed by atoms with Crippen molar-refractivity contribution in [2.45, 2.75) is 31.2 Å². The van der Waals surface area contributed by atoms with E-state index in [1.807, 2.05) is 30.5 Å². The molecule has 184 valence electrons. The molecule has 0 bridgehead atoms. The molecule has 12 heteroatoms. The van der Waals surface area contributed by atoms with Crippen molar-refractivity contribution in [3.63, 3.8) is 0 Å². The molecule has 0 spiro atoms. The lowest BCUT2D eigenvalue weighted by molar-refractivity contribution is -0.0794. The number of fused-ring (bicyclic) bond motifs is 2. The van der Waals surface area contributed by atoms with Crippen molar-refractivity contribution < 1.29 is 18.3 Å². The fourth-order valence-corrected chi connectivity index (χ4v) is 4.83. The zero-order valence-corrected chi connectivity index (χ0v) is 19.3. The molecule has 6 rings (SSSR count). The second-order valence-corrected chi connectivity index (χ2v) is 8.91. The third-order valence-corrected chi connectivity index (χ3v) is 6.82. The third-order valence-electron chi connectivity index (χ3n) is 6.82. The van der Waals surface area contributed by atoms with Crippen molar-refractivity contribution in [2.75, 3.05) is 45.4 Å². The van der Waals surface area contributed by atoms with Crippen molar-refractivity contribution >= 4 is 22.5 Å². The minimum Gasteiger partial charge on any atom is -0.479 e. The topological polar surface area (TPSA) is 94.6 Å². The van der Waals surface area contributed by atoms with Gasteiger partial charge in [-0.1, -0.05) is 11.3 Å². The Morgan fingerprint density at radius 2 is 2.14 bits per heavy atom. The monoisotopic (exact) mass is 484 g/mol. The Labute approximate surface area is 199 Å². The van der Waals surface area contributed by atoms with Gasteiger partial charge in [-0.2, -0.15) is 4.98 Å². The van der Waals surface area contributed by atoms with Gasteiger partial charge in [0.25, 0.3) is 0 Å². The minimum absolute atomic E-state index is 0.140. The van der Waals surface area contributed by atoms with Gasteiger partial charge >= 0.3 is 0 Å². The maximum Gasteiger partial charge on any atom is 0.244 e. The van der Waals surface area contributed by atoms with E-state index in [0.29, 0.717) is 55.1 Å². The summed E-state index contributed by atoms with van der Waals surface area (Å²) in [6, 6.07) is 7.55. The van der Waals surface area contributed by atoms with Gasteiger partial charge in [0.1, 0.15) is 23.9 Å². The number of hydrogen-bond donors (Lipinski definition) is 1. The number of alkyl halides is 2. The highest BCUT2D eigenvalue weighted by atomic mass is 19.1. The number of nitrogens with one attached hydrogen (secondary N) is 1. The second-order valence-electron chi connectivity index (χ2n) is 8.91. The van der Waals surface area contributed by atoms with Gasteiger partial charge in [0.2, 0.25) is 11.8 Å². The van der Waals surface area contributed by atoms with E-state index in [2.05, 4.69) is 30.6 Å². The van der Waals surface area contributed by atoms with Gasteiger partial charge < -0.3 is 14.8 Å². The summed E-state index contributed by atoms with van der Waals surface area (Å²) in [6.07, 6.45) is 1.43. The van der Waals surface area contributed by atoms with Crippen LogP contribution in [-0.2, 0) is 11.3 Å². The first-order chi connectivity index (χ1) is 17.1. The lowest BCUT2D eigenvalue weighted by Gasteiger charge is -2.42. The van der Waals surface area contributed by atoms with E-state index in [4.69, 9.17) is 9.47 Å². The van der Waals surface area contributed by atoms with Gasteiger partial charge in [-0.3, -0.25) is 4.90 Å². The van der Waals surface area contributed by atoms with E-state index in [1.54, 1.807) is 16.3 Å². The van der Waals surface area contributed by atoms with Gasteiger partial charge in [0.15, 0.2) is 0 Å². The lowest BCUT2D eigenvalue weighted by atomic mass is 10.0. The van der Waals surface area contributed by atoms with E-state index in [1.165, 1.54) is 0 Å². The standard InChI is InChI=1S/C23H26F2N8O2/c1-34-22-21-16(14-2-3-19-20(10-14)32(9-6-24)30-28-19)4-8-33(21)29-23(27-22)26-18-5-7-31(11-17(18)25)15-12-35-13-15/h2-4,8,10,15,17-18H,5-7,9,11-13H2,1H3,(H,26,29)/t17-,18+/m1/s1. The molecule has 0 amide bonds. The number of aryl methyl sites for hydroxylation is 1. The summed E-state index contributed by atoms with van der Waals surface area (Å²) in [5.41, 5.74) is 3.84. The average Bonchev–Trinajstić information content (AvgIpc) is 3.43. The highest BCUT2D eigenvalue weighted by molar-refractivity contribution is 5.89. The second kappa shape index (κ2) is 9.00. The van der Waals surface area contributed by atoms with E-state index >= 15 is 0 Å². The van der Waals surface area contributed by atoms with E-state index < -0.39 is 12.8 Å². The summed E-state index contributed by atoms with van der Waals surface area (Å²) in [5.74, 6) is 0.683. The Bertz CT molecular complexity index is 1350. The maximum absolute atomic E-state index is 14.9. The van der Waals surface area contributed by atoms with Crippen molar-refractivity contribution in [1.29, 1.82) is 0 Å². The first-order valence-electron chi connectivity index (χ1n) is 11.7. The molecule has 1 N–H and O–H groups in total. The molecular weight excluding hydrogens is 458 g/mol. The van der Waals surface area contributed by atoms with Crippen LogP contribution in [0.25, 0.3) is 27.7 Å². The van der Waals surface area contributed by atoms with Crippen LogP contribution in [0.15, 0.2) is 30.5 Å². The molecule has 0 aliphatic carbocycles. The van der Waals surface area contributed by atoms with Crippen LogP contribution in [0, 0.1) is 0 Å². The molecule has 4 aromatic rings. The van der Waals surface area contributed by atoms with Gasteiger partial charge in [-0.25, -0.2) is 18.0 Å². The van der Waals surface area contributed by atoms with E-state index in [9.17, 15) is 8.78 Å². The number of aromatic nitrogens is 6. The Hall–Kier alpha value is -3.38. The number of nitrogens with zero attached hydrogens (tertiary/aromatic N) is 7. The van der Waals surface area contributed by atoms with Crippen LogP contribution in [0.2, 0.25) is 0 Å². The fourth-order valence-electron chi connectivity index (χ4n) is 4.83. The number of ether oxygens (including phenoxy) is 2. The van der Waals surface area contributed by atoms with Gasteiger partial charge in [0.05, 0.1) is 44.5 Å². The van der Waals surface area contributed by atoms with Crippen LogP contribution in [-0.4, -0.2) is 92.8 Å². The van der Waals surface area contributed by atoms with E-state index in [0.717, 1.165) is 23.2 Å². The summed E-state index contributed by atoms with van der Waals surface area (Å²) in [4.78, 5) is 6.70. The van der Waals surface area contributed by atoms with Crippen LogP contribution in [0.1, 0.15) is 6.42 Å². The molecule has 0 radical (unpaired) electrons. The van der Waals surface area contributed by atoms with Crippen LogP contribution >= 0.6 is 0 Å². The molecule has 0 saturated carbocycles. The minimum atomic E-state index is -1.04. The normalized spacial score (nSPS) is 21.5. The number of benzene rings is 1. The van der Waals surface area contributed by atoms with Crippen molar-refractivity contribution in [3.05, 3.63) is 30.5 Å². The Kier molecular flexibility index (Phi) is 5.69. The molecule has 2 atom stereocenters. The average molecular weight is 485 g/mol. The maximum atomic E-state index is 14.9. The van der Waals surface area contributed by atoms with Crippen LogP contribution in [0.5, 0.6) is 5.88 Å². The highest BCUT2D eigenvalue weighted by Crippen LogP contribution is 2.33. The van der Waals surface area contributed by atoms with Crippen molar-refractivity contribution in [3.8, 4) is 17.0 Å². The number of anilines is 1. The molecule has 5 heterocycles. The lowest BCUT2D eigenvalue weighted by Crippen LogP contribution is -2.57. The van der Waals surface area contributed by atoms with E-state index in [-0.39, 0.29) is 12.6 Å². The number of methoxy groups -OCH3 is 1. The predicted octanol–water partition coefficient (Wildman–Crippen LogP) is 2.34. The molecule has 35 heavy (non-hydrogen) atoms. The molecule has 2 aliphatic rings. The molecule has 2 aliphatic heterocycles. The van der Waals surface area contributed by atoms with Crippen LogP contribution < -0.4 is 10.1 Å². The zero-order chi connectivity index (χ0) is 23.9. The molecule has 0 unspecified atom stereocenters. The smallest absolute Gasteiger partial charge is 0.244 e. The summed E-state index contributed by atoms with van der Waals surface area (Å²) < 4.78 is 41.9. The van der Waals surface area contributed by atoms with Crippen LogP contribution in [0.4, 0.5) is 14.7 Å².